The molecule has 2 aromatic heterocycles. The molecule has 0 aliphatic heterocycles. The van der Waals surface area contributed by atoms with E-state index in [1.54, 1.807) is 0 Å². The summed E-state index contributed by atoms with van der Waals surface area (Å²) in [6.45, 7) is 10.6. The van der Waals surface area contributed by atoms with Crippen molar-refractivity contribution in [1.29, 1.82) is 0 Å². The fraction of sp³-hybridized carbons (Fsp3) is 0.579. The Morgan fingerprint density at radius 2 is 2.15 bits per heavy atom. The summed E-state index contributed by atoms with van der Waals surface area (Å²) >= 11 is 1.48. The second kappa shape index (κ2) is 6.95. The fourth-order valence-electron chi connectivity index (χ4n) is 3.92. The van der Waals surface area contributed by atoms with Crippen LogP contribution in [-0.2, 0) is 11.2 Å². The lowest BCUT2D eigenvalue weighted by atomic mass is 9.72. The SMILES string of the molecule is Cc1sc2nc(CC(=O)N/N=C3/CC(C)CC(C)(C)C3)[nH]c(=O)c2c1C. The van der Waals surface area contributed by atoms with Crippen LogP contribution in [0.1, 0.15) is 56.3 Å². The number of rotatable bonds is 3. The third-order valence-corrected chi connectivity index (χ3v) is 6.02. The predicted molar refractivity (Wildman–Crippen MR) is 106 cm³/mol. The van der Waals surface area contributed by atoms with Crippen molar-refractivity contribution >= 4 is 33.2 Å². The van der Waals surface area contributed by atoms with E-state index in [4.69, 9.17) is 0 Å². The van der Waals surface area contributed by atoms with Gasteiger partial charge in [0, 0.05) is 10.6 Å². The Bertz CT molecular complexity index is 939. The number of H-pyrrole nitrogens is 1. The first kappa shape index (κ1) is 18.8. The highest BCUT2D eigenvalue weighted by Gasteiger charge is 2.29. The van der Waals surface area contributed by atoms with Crippen LogP contribution in [0.25, 0.3) is 10.2 Å². The third kappa shape index (κ3) is 4.03. The first-order valence-electron chi connectivity index (χ1n) is 8.98. The van der Waals surface area contributed by atoms with Crippen molar-refractivity contribution in [2.24, 2.45) is 16.4 Å². The zero-order valence-electron chi connectivity index (χ0n) is 16.0. The number of carbonyl (C=O) groups is 1. The minimum atomic E-state index is -0.263. The molecule has 2 aromatic rings. The predicted octanol–water partition coefficient (Wildman–Crippen LogP) is 3.46. The van der Waals surface area contributed by atoms with Crippen LogP contribution in [0, 0.1) is 25.2 Å². The van der Waals surface area contributed by atoms with Crippen molar-refractivity contribution in [1.82, 2.24) is 15.4 Å². The lowest BCUT2D eigenvalue weighted by Crippen LogP contribution is -2.30. The molecule has 0 spiro atoms. The molecule has 0 saturated heterocycles. The van der Waals surface area contributed by atoms with Gasteiger partial charge >= 0.3 is 0 Å². The fourth-order valence-corrected chi connectivity index (χ4v) is 4.96. The number of carbonyl (C=O) groups excluding carboxylic acids is 1. The summed E-state index contributed by atoms with van der Waals surface area (Å²) in [5.74, 6) is 0.681. The van der Waals surface area contributed by atoms with Crippen molar-refractivity contribution in [2.45, 2.75) is 60.3 Å². The van der Waals surface area contributed by atoms with E-state index in [-0.39, 0.29) is 23.3 Å². The molecule has 1 atom stereocenters. The largest absolute Gasteiger partial charge is 0.309 e. The van der Waals surface area contributed by atoms with Gasteiger partial charge in [-0.05, 0) is 50.0 Å². The number of thiophene rings is 1. The number of aromatic amines is 1. The van der Waals surface area contributed by atoms with Crippen molar-refractivity contribution in [3.63, 3.8) is 0 Å². The summed E-state index contributed by atoms with van der Waals surface area (Å²) in [7, 11) is 0. The van der Waals surface area contributed by atoms with Crippen molar-refractivity contribution < 1.29 is 4.79 Å². The van der Waals surface area contributed by atoms with Crippen LogP contribution in [0.5, 0.6) is 0 Å². The molecule has 2 heterocycles. The van der Waals surface area contributed by atoms with Gasteiger partial charge in [-0.3, -0.25) is 9.59 Å². The van der Waals surface area contributed by atoms with Crippen molar-refractivity contribution in [3.05, 3.63) is 26.6 Å². The van der Waals surface area contributed by atoms with E-state index >= 15 is 0 Å². The summed E-state index contributed by atoms with van der Waals surface area (Å²) in [5.41, 5.74) is 4.65. The molecule has 7 heteroatoms. The van der Waals surface area contributed by atoms with Gasteiger partial charge in [-0.15, -0.1) is 11.3 Å². The van der Waals surface area contributed by atoms with Gasteiger partial charge in [-0.1, -0.05) is 20.8 Å². The van der Waals surface area contributed by atoms with Gasteiger partial charge in [0.2, 0.25) is 5.91 Å². The molecule has 1 aliphatic rings. The Morgan fingerprint density at radius 3 is 2.85 bits per heavy atom. The summed E-state index contributed by atoms with van der Waals surface area (Å²) in [4.78, 5) is 33.4. The maximum absolute atomic E-state index is 12.3. The molecular weight excluding hydrogens is 348 g/mol. The Balaban J connectivity index is 1.71. The lowest BCUT2D eigenvalue weighted by Gasteiger charge is -2.34. The number of nitrogens with one attached hydrogen (secondary N) is 2. The average molecular weight is 375 g/mol. The molecule has 1 aliphatic carbocycles. The number of aryl methyl sites for hydroxylation is 2. The average Bonchev–Trinajstić information content (AvgIpc) is 2.78. The topological polar surface area (TPSA) is 87.2 Å². The van der Waals surface area contributed by atoms with E-state index in [1.165, 1.54) is 17.8 Å². The lowest BCUT2D eigenvalue weighted by molar-refractivity contribution is -0.120. The van der Waals surface area contributed by atoms with Crippen molar-refractivity contribution in [3.8, 4) is 0 Å². The number of hydrogen-bond acceptors (Lipinski definition) is 5. The number of aromatic nitrogens is 2. The first-order valence-corrected chi connectivity index (χ1v) is 9.79. The maximum Gasteiger partial charge on any atom is 0.259 e. The second-order valence-electron chi connectivity index (χ2n) is 8.22. The minimum Gasteiger partial charge on any atom is -0.309 e. The number of fused-ring (bicyclic) bond motifs is 1. The number of nitrogens with zero attached hydrogens (tertiary/aromatic N) is 2. The van der Waals surface area contributed by atoms with Crippen molar-refractivity contribution in [2.75, 3.05) is 0 Å². The second-order valence-corrected chi connectivity index (χ2v) is 9.42. The Labute approximate surface area is 157 Å². The van der Waals surface area contributed by atoms with Crippen LogP contribution in [0.15, 0.2) is 9.90 Å². The highest BCUT2D eigenvalue weighted by atomic mass is 32.1. The third-order valence-electron chi connectivity index (χ3n) is 4.92. The van der Waals surface area contributed by atoms with Gasteiger partial charge in [0.05, 0.1) is 11.8 Å². The minimum absolute atomic E-state index is 0.0108. The van der Waals surface area contributed by atoms with Crippen LogP contribution < -0.4 is 11.0 Å². The normalized spacial score (nSPS) is 21.3. The highest BCUT2D eigenvalue weighted by molar-refractivity contribution is 7.18. The molecule has 0 aromatic carbocycles. The van der Waals surface area contributed by atoms with Crippen LogP contribution >= 0.6 is 11.3 Å². The number of hydrazone groups is 1. The van der Waals surface area contributed by atoms with E-state index in [1.807, 2.05) is 13.8 Å². The maximum atomic E-state index is 12.3. The summed E-state index contributed by atoms with van der Waals surface area (Å²) in [6.07, 6.45) is 2.99. The molecule has 0 radical (unpaired) electrons. The van der Waals surface area contributed by atoms with Crippen LogP contribution in [-0.4, -0.2) is 21.6 Å². The van der Waals surface area contributed by atoms with Crippen LogP contribution in [0.2, 0.25) is 0 Å². The van der Waals surface area contributed by atoms with E-state index in [2.05, 4.69) is 41.3 Å². The van der Waals surface area contributed by atoms with Crippen LogP contribution in [0.4, 0.5) is 0 Å². The van der Waals surface area contributed by atoms with Gasteiger partial charge in [0.15, 0.2) is 0 Å². The standard InChI is InChI=1S/C19H26N4O2S/c1-10-6-13(9-19(4,5)8-10)22-23-15(24)7-14-20-17(25)16-11(2)12(3)26-18(16)21-14/h10H,6-9H2,1-5H3,(H,23,24)(H,20,21,25)/b22-13-. The monoisotopic (exact) mass is 374 g/mol. The zero-order chi connectivity index (χ0) is 19.1. The highest BCUT2D eigenvalue weighted by Crippen LogP contribution is 2.36. The molecule has 0 bridgehead atoms. The van der Waals surface area contributed by atoms with Gasteiger partial charge in [-0.25, -0.2) is 10.4 Å². The van der Waals surface area contributed by atoms with E-state index in [0.717, 1.165) is 29.0 Å². The molecule has 1 saturated carbocycles. The molecule has 2 N–H and O–H groups in total. The molecular formula is C19H26N4O2S. The Kier molecular flexibility index (Phi) is 5.01. The summed E-state index contributed by atoms with van der Waals surface area (Å²) < 4.78 is 0. The Morgan fingerprint density at radius 1 is 1.42 bits per heavy atom. The van der Waals surface area contributed by atoms with Gasteiger partial charge < -0.3 is 4.98 Å². The molecule has 6 nitrogen and oxygen atoms in total. The quantitative estimate of drug-likeness (QED) is 0.807. The van der Waals surface area contributed by atoms with E-state index in [9.17, 15) is 9.59 Å². The summed E-state index contributed by atoms with van der Waals surface area (Å²) in [6, 6.07) is 0. The molecule has 1 unspecified atom stereocenters. The molecule has 140 valence electrons. The van der Waals surface area contributed by atoms with Gasteiger partial charge in [0.25, 0.3) is 5.56 Å². The first-order chi connectivity index (χ1) is 12.1. The zero-order valence-corrected chi connectivity index (χ0v) is 16.8. The Hall–Kier alpha value is -2.02. The van der Waals surface area contributed by atoms with Crippen LogP contribution in [0.3, 0.4) is 0 Å². The van der Waals surface area contributed by atoms with E-state index in [0.29, 0.717) is 22.0 Å². The molecule has 1 amide bonds. The smallest absolute Gasteiger partial charge is 0.259 e. The van der Waals surface area contributed by atoms with Gasteiger partial charge in [-0.2, -0.15) is 5.10 Å². The summed E-state index contributed by atoms with van der Waals surface area (Å²) in [5, 5.41) is 4.95. The molecule has 1 fully saturated rings. The number of hydrogen-bond donors (Lipinski definition) is 2. The van der Waals surface area contributed by atoms with Gasteiger partial charge in [0.1, 0.15) is 10.7 Å². The number of amides is 1. The van der Waals surface area contributed by atoms with E-state index < -0.39 is 0 Å². The molecule has 3 rings (SSSR count). The molecule has 26 heavy (non-hydrogen) atoms.